The van der Waals surface area contributed by atoms with E-state index < -0.39 is 0 Å². The lowest BCUT2D eigenvalue weighted by atomic mass is 10.2. The van der Waals surface area contributed by atoms with Crippen LogP contribution in [-0.4, -0.2) is 18.6 Å². The number of hydrogen-bond acceptors (Lipinski definition) is 3. The molecule has 1 aromatic rings. The Bertz CT molecular complexity index is 306. The average molecular weight is 193 g/mol. The summed E-state index contributed by atoms with van der Waals surface area (Å²) in [6.07, 6.45) is 2.04. The molecule has 0 amide bonds. The summed E-state index contributed by atoms with van der Waals surface area (Å²) in [6, 6.07) is 9.28. The van der Waals surface area contributed by atoms with Gasteiger partial charge in [0.15, 0.2) is 0 Å². The van der Waals surface area contributed by atoms with Crippen LogP contribution in [0, 0.1) is 11.3 Å². The van der Waals surface area contributed by atoms with Crippen LogP contribution in [0.15, 0.2) is 24.3 Å². The van der Waals surface area contributed by atoms with E-state index in [9.17, 15) is 0 Å². The fourth-order valence-electron chi connectivity index (χ4n) is 0.898. The largest absolute Gasteiger partial charge is 0.493 e. The zero-order chi connectivity index (χ0) is 9.52. The lowest BCUT2D eigenvalue weighted by Gasteiger charge is -2.04. The van der Waals surface area contributed by atoms with Crippen molar-refractivity contribution >= 4 is 11.8 Å². The number of rotatable bonds is 4. The molecule has 0 aliphatic heterocycles. The van der Waals surface area contributed by atoms with Gasteiger partial charge in [0.05, 0.1) is 18.2 Å². The minimum absolute atomic E-state index is 0.640. The van der Waals surface area contributed by atoms with Crippen molar-refractivity contribution in [2.24, 2.45) is 0 Å². The minimum atomic E-state index is 0.640. The highest BCUT2D eigenvalue weighted by Gasteiger charge is 1.94. The van der Waals surface area contributed by atoms with Crippen LogP contribution < -0.4 is 4.74 Å². The van der Waals surface area contributed by atoms with E-state index in [1.54, 1.807) is 23.9 Å². The fourth-order valence-corrected chi connectivity index (χ4v) is 1.15. The first-order valence-electron chi connectivity index (χ1n) is 3.98. The number of hydrogen-bond donors (Lipinski definition) is 0. The van der Waals surface area contributed by atoms with Crippen molar-refractivity contribution in [3.8, 4) is 11.8 Å². The summed E-state index contributed by atoms with van der Waals surface area (Å²) >= 11 is 1.74. The topological polar surface area (TPSA) is 33.0 Å². The van der Waals surface area contributed by atoms with Gasteiger partial charge in [-0.1, -0.05) is 6.07 Å². The fraction of sp³-hybridized carbons (Fsp3) is 0.300. The molecule has 0 saturated heterocycles. The standard InChI is InChI=1S/C10H11NOS/c1-13-6-5-12-10-4-2-3-9(7-10)8-11/h2-4,7H,5-6H2,1H3. The van der Waals surface area contributed by atoms with Crippen LogP contribution in [0.1, 0.15) is 5.56 Å². The average Bonchev–Trinajstić information content (AvgIpc) is 2.19. The van der Waals surface area contributed by atoms with E-state index in [1.807, 2.05) is 18.4 Å². The molecule has 0 bridgehead atoms. The molecule has 0 aromatic heterocycles. The summed E-state index contributed by atoms with van der Waals surface area (Å²) in [5.74, 6) is 1.74. The zero-order valence-electron chi connectivity index (χ0n) is 7.49. The second kappa shape index (κ2) is 5.50. The van der Waals surface area contributed by atoms with Gasteiger partial charge in [-0.05, 0) is 24.5 Å². The molecular formula is C10H11NOS. The summed E-state index contributed by atoms with van der Waals surface area (Å²) in [7, 11) is 0. The van der Waals surface area contributed by atoms with E-state index in [-0.39, 0.29) is 0 Å². The van der Waals surface area contributed by atoms with Gasteiger partial charge < -0.3 is 4.74 Å². The Morgan fingerprint density at radius 3 is 3.08 bits per heavy atom. The van der Waals surface area contributed by atoms with E-state index in [0.717, 1.165) is 11.5 Å². The Morgan fingerprint density at radius 2 is 2.38 bits per heavy atom. The molecule has 1 rings (SSSR count). The van der Waals surface area contributed by atoms with Crippen LogP contribution in [0.25, 0.3) is 0 Å². The van der Waals surface area contributed by atoms with Crippen LogP contribution in [0.4, 0.5) is 0 Å². The highest BCUT2D eigenvalue weighted by atomic mass is 32.2. The van der Waals surface area contributed by atoms with Crippen LogP contribution in [-0.2, 0) is 0 Å². The van der Waals surface area contributed by atoms with Crippen LogP contribution in [0.3, 0.4) is 0 Å². The van der Waals surface area contributed by atoms with Crippen molar-refractivity contribution in [3.05, 3.63) is 29.8 Å². The van der Waals surface area contributed by atoms with Crippen molar-refractivity contribution in [1.29, 1.82) is 5.26 Å². The summed E-state index contributed by atoms with van der Waals surface area (Å²) in [6.45, 7) is 0.691. The number of nitriles is 1. The van der Waals surface area contributed by atoms with E-state index in [0.29, 0.717) is 12.2 Å². The van der Waals surface area contributed by atoms with Crippen molar-refractivity contribution in [3.63, 3.8) is 0 Å². The van der Waals surface area contributed by atoms with Gasteiger partial charge in [0, 0.05) is 5.75 Å². The summed E-state index contributed by atoms with van der Waals surface area (Å²) in [5, 5.41) is 8.62. The molecule has 0 aliphatic rings. The van der Waals surface area contributed by atoms with Gasteiger partial charge in [0.25, 0.3) is 0 Å². The van der Waals surface area contributed by atoms with Crippen molar-refractivity contribution in [2.45, 2.75) is 0 Å². The van der Waals surface area contributed by atoms with Gasteiger partial charge in [0.1, 0.15) is 5.75 Å². The second-order valence-electron chi connectivity index (χ2n) is 2.48. The summed E-state index contributed by atoms with van der Waals surface area (Å²) < 4.78 is 5.42. The Kier molecular flexibility index (Phi) is 4.20. The second-order valence-corrected chi connectivity index (χ2v) is 3.47. The molecule has 0 spiro atoms. The van der Waals surface area contributed by atoms with Crippen molar-refractivity contribution in [1.82, 2.24) is 0 Å². The highest BCUT2D eigenvalue weighted by Crippen LogP contribution is 2.12. The molecule has 2 nitrogen and oxygen atoms in total. The molecule has 0 unspecified atom stereocenters. The molecule has 1 aromatic carbocycles. The lowest BCUT2D eigenvalue weighted by molar-refractivity contribution is 0.344. The van der Waals surface area contributed by atoms with E-state index in [2.05, 4.69) is 6.07 Å². The van der Waals surface area contributed by atoms with Gasteiger partial charge in [-0.15, -0.1) is 0 Å². The maximum Gasteiger partial charge on any atom is 0.120 e. The quantitative estimate of drug-likeness (QED) is 0.688. The van der Waals surface area contributed by atoms with Gasteiger partial charge in [0.2, 0.25) is 0 Å². The first kappa shape index (κ1) is 9.94. The van der Waals surface area contributed by atoms with Gasteiger partial charge in [-0.3, -0.25) is 0 Å². The summed E-state index contributed by atoms with van der Waals surface area (Å²) in [4.78, 5) is 0. The molecule has 0 heterocycles. The number of thioether (sulfide) groups is 1. The van der Waals surface area contributed by atoms with Crippen LogP contribution >= 0.6 is 11.8 Å². The molecule has 0 saturated carbocycles. The van der Waals surface area contributed by atoms with Crippen LogP contribution in [0.2, 0.25) is 0 Å². The SMILES string of the molecule is CSCCOc1cccc(C#N)c1. The van der Waals surface area contributed by atoms with Crippen molar-refractivity contribution in [2.75, 3.05) is 18.6 Å². The first-order chi connectivity index (χ1) is 6.36. The third-order valence-electron chi connectivity index (χ3n) is 1.52. The molecule has 68 valence electrons. The number of ether oxygens (including phenoxy) is 1. The first-order valence-corrected chi connectivity index (χ1v) is 5.38. The Balaban J connectivity index is 2.52. The third-order valence-corrected chi connectivity index (χ3v) is 2.09. The molecule has 0 fully saturated rings. The Morgan fingerprint density at radius 1 is 1.54 bits per heavy atom. The molecule has 0 aliphatic carbocycles. The monoisotopic (exact) mass is 193 g/mol. The smallest absolute Gasteiger partial charge is 0.120 e. The predicted molar refractivity (Wildman–Crippen MR) is 55.0 cm³/mol. The predicted octanol–water partition coefficient (Wildman–Crippen LogP) is 2.30. The maximum atomic E-state index is 8.62. The minimum Gasteiger partial charge on any atom is -0.493 e. The van der Waals surface area contributed by atoms with Gasteiger partial charge in [-0.25, -0.2) is 0 Å². The van der Waals surface area contributed by atoms with Crippen LogP contribution in [0.5, 0.6) is 5.75 Å². The third kappa shape index (κ3) is 3.39. The molecular weight excluding hydrogens is 182 g/mol. The Hall–Kier alpha value is -1.14. The number of nitrogens with zero attached hydrogens (tertiary/aromatic N) is 1. The normalized spacial score (nSPS) is 9.23. The van der Waals surface area contributed by atoms with Gasteiger partial charge in [-0.2, -0.15) is 17.0 Å². The maximum absolute atomic E-state index is 8.62. The van der Waals surface area contributed by atoms with Crippen molar-refractivity contribution < 1.29 is 4.74 Å². The Labute approximate surface area is 82.5 Å². The molecule has 0 atom stereocenters. The molecule has 13 heavy (non-hydrogen) atoms. The van der Waals surface area contributed by atoms with E-state index >= 15 is 0 Å². The van der Waals surface area contributed by atoms with Gasteiger partial charge >= 0.3 is 0 Å². The summed E-state index contributed by atoms with van der Waals surface area (Å²) in [5.41, 5.74) is 0.640. The lowest BCUT2D eigenvalue weighted by Crippen LogP contribution is -1.99. The van der Waals surface area contributed by atoms with E-state index in [4.69, 9.17) is 10.00 Å². The molecule has 0 radical (unpaired) electrons. The zero-order valence-corrected chi connectivity index (χ0v) is 8.30. The highest BCUT2D eigenvalue weighted by molar-refractivity contribution is 7.98. The molecule has 0 N–H and O–H groups in total. The number of benzene rings is 1. The molecule has 3 heteroatoms. The van der Waals surface area contributed by atoms with E-state index in [1.165, 1.54) is 0 Å².